The lowest BCUT2D eigenvalue weighted by atomic mass is 10.2. The Labute approximate surface area is 177 Å². The van der Waals surface area contributed by atoms with Gasteiger partial charge in [0.2, 0.25) is 0 Å². The minimum Gasteiger partial charge on any atom is -0.356 e. The summed E-state index contributed by atoms with van der Waals surface area (Å²) < 4.78 is 5.54. The highest BCUT2D eigenvalue weighted by atomic mass is 127. The summed E-state index contributed by atoms with van der Waals surface area (Å²) in [5.74, 6) is 1.79. The fraction of sp³-hybridized carbons (Fsp3) is 0.611. The molecule has 0 saturated heterocycles. The van der Waals surface area contributed by atoms with E-state index in [2.05, 4.69) is 30.9 Å². The van der Waals surface area contributed by atoms with Crippen molar-refractivity contribution in [2.45, 2.75) is 45.3 Å². The van der Waals surface area contributed by atoms with E-state index in [4.69, 9.17) is 0 Å². The zero-order chi connectivity index (χ0) is 18.5. The lowest BCUT2D eigenvalue weighted by molar-refractivity contribution is 0.456. The number of hydrogen-bond acceptors (Lipinski definition) is 3. The number of aliphatic imine (C=N–C) groups is 1. The molecule has 0 unspecified atom stereocenters. The molecule has 3 rings (SSSR count). The molecular weight excluding hydrogens is 457 g/mol. The summed E-state index contributed by atoms with van der Waals surface area (Å²) in [7, 11) is 5.86. The van der Waals surface area contributed by atoms with Gasteiger partial charge in [-0.3, -0.25) is 9.56 Å². The van der Waals surface area contributed by atoms with Crippen molar-refractivity contribution < 1.29 is 0 Å². The monoisotopic (exact) mass is 487 g/mol. The molecule has 9 heteroatoms. The molecule has 0 aromatic carbocycles. The van der Waals surface area contributed by atoms with Gasteiger partial charge in [0.05, 0.1) is 6.54 Å². The number of nitrogens with one attached hydrogen (secondary N) is 1. The molecule has 2 aromatic rings. The Morgan fingerprint density at radius 3 is 2.89 bits per heavy atom. The van der Waals surface area contributed by atoms with Gasteiger partial charge in [0.15, 0.2) is 5.96 Å². The van der Waals surface area contributed by atoms with E-state index in [1.165, 1.54) is 5.69 Å². The molecule has 27 heavy (non-hydrogen) atoms. The minimum atomic E-state index is 0. The van der Waals surface area contributed by atoms with Gasteiger partial charge in [-0.2, -0.15) is 5.10 Å². The molecule has 1 N–H and O–H groups in total. The van der Waals surface area contributed by atoms with Crippen LogP contribution in [-0.4, -0.2) is 50.4 Å². The van der Waals surface area contributed by atoms with Crippen molar-refractivity contribution in [3.8, 4) is 0 Å². The quantitative estimate of drug-likeness (QED) is 0.290. The highest BCUT2D eigenvalue weighted by Gasteiger charge is 2.16. The first kappa shape index (κ1) is 21.5. The summed E-state index contributed by atoms with van der Waals surface area (Å²) >= 11 is 0. The standard InChI is InChI=1S/C18H29N7O.HI/c1-19-17(23(3)14-15-8-6-11-22(15)2)20-10-7-13-25-18(26)24-12-5-4-9-16(24)21-25;/h6,8,11H,4-5,7,9-10,12-14H2,1-3H3,(H,19,20);1H. The molecule has 3 heterocycles. The van der Waals surface area contributed by atoms with Gasteiger partial charge in [-0.15, -0.1) is 24.0 Å². The van der Waals surface area contributed by atoms with Gasteiger partial charge in [0, 0.05) is 59.1 Å². The maximum atomic E-state index is 12.3. The zero-order valence-corrected chi connectivity index (χ0v) is 18.7. The smallest absolute Gasteiger partial charge is 0.345 e. The van der Waals surface area contributed by atoms with Crippen LogP contribution in [0.25, 0.3) is 0 Å². The summed E-state index contributed by atoms with van der Waals surface area (Å²) in [4.78, 5) is 18.8. The normalized spacial score (nSPS) is 13.8. The van der Waals surface area contributed by atoms with Crippen molar-refractivity contribution in [1.29, 1.82) is 0 Å². The van der Waals surface area contributed by atoms with Gasteiger partial charge in [0.1, 0.15) is 5.82 Å². The molecule has 2 aromatic heterocycles. The van der Waals surface area contributed by atoms with Crippen molar-refractivity contribution in [3.05, 3.63) is 40.3 Å². The van der Waals surface area contributed by atoms with E-state index in [1.54, 1.807) is 11.7 Å². The number of rotatable bonds is 6. The second-order valence-corrected chi connectivity index (χ2v) is 6.82. The molecule has 1 aliphatic rings. The van der Waals surface area contributed by atoms with Gasteiger partial charge in [-0.1, -0.05) is 0 Å². The Hall–Kier alpha value is -1.78. The Morgan fingerprint density at radius 1 is 1.41 bits per heavy atom. The first-order valence-corrected chi connectivity index (χ1v) is 9.28. The lowest BCUT2D eigenvalue weighted by Crippen LogP contribution is -2.39. The molecule has 0 fully saturated rings. The molecule has 8 nitrogen and oxygen atoms in total. The maximum absolute atomic E-state index is 12.3. The average molecular weight is 487 g/mol. The van der Waals surface area contributed by atoms with E-state index < -0.39 is 0 Å². The third-order valence-corrected chi connectivity index (χ3v) is 4.89. The predicted octanol–water partition coefficient (Wildman–Crippen LogP) is 1.44. The minimum absolute atomic E-state index is 0. The highest BCUT2D eigenvalue weighted by molar-refractivity contribution is 14.0. The number of halogens is 1. The van der Waals surface area contributed by atoms with Crippen LogP contribution in [0.15, 0.2) is 28.1 Å². The topological polar surface area (TPSA) is 72.4 Å². The van der Waals surface area contributed by atoms with Gasteiger partial charge in [-0.05, 0) is 31.4 Å². The van der Waals surface area contributed by atoms with Gasteiger partial charge in [-0.25, -0.2) is 9.48 Å². The van der Waals surface area contributed by atoms with Crippen molar-refractivity contribution in [2.75, 3.05) is 20.6 Å². The summed E-state index contributed by atoms with van der Waals surface area (Å²) in [6.07, 6.45) is 5.98. The van der Waals surface area contributed by atoms with Crippen molar-refractivity contribution in [2.24, 2.45) is 12.0 Å². The Balaban J connectivity index is 0.00000261. The maximum Gasteiger partial charge on any atom is 0.345 e. The van der Waals surface area contributed by atoms with Gasteiger partial charge in [0.25, 0.3) is 0 Å². The van der Waals surface area contributed by atoms with Crippen LogP contribution in [0.5, 0.6) is 0 Å². The third-order valence-electron chi connectivity index (χ3n) is 4.89. The van der Waals surface area contributed by atoms with E-state index in [0.717, 1.165) is 57.1 Å². The molecule has 0 bridgehead atoms. The van der Waals surface area contributed by atoms with Crippen molar-refractivity contribution >= 4 is 29.9 Å². The lowest BCUT2D eigenvalue weighted by Gasteiger charge is -2.22. The third kappa shape index (κ3) is 5.14. The van der Waals surface area contributed by atoms with Crippen LogP contribution in [0.1, 0.15) is 30.8 Å². The molecule has 0 amide bonds. The highest BCUT2D eigenvalue weighted by Crippen LogP contribution is 2.09. The number of hydrogen-bond donors (Lipinski definition) is 1. The van der Waals surface area contributed by atoms with Gasteiger partial charge < -0.3 is 14.8 Å². The molecule has 0 spiro atoms. The van der Waals surface area contributed by atoms with Crippen LogP contribution < -0.4 is 11.0 Å². The number of fused-ring (bicyclic) bond motifs is 1. The van der Waals surface area contributed by atoms with E-state index in [1.807, 2.05) is 30.9 Å². The SMILES string of the molecule is CN=C(NCCCn1nc2n(c1=O)CCCC2)N(C)Cc1cccn1C.I. The second-order valence-electron chi connectivity index (χ2n) is 6.82. The van der Waals surface area contributed by atoms with E-state index in [-0.39, 0.29) is 29.7 Å². The van der Waals surface area contributed by atoms with Crippen molar-refractivity contribution in [3.63, 3.8) is 0 Å². The molecule has 0 atom stereocenters. The van der Waals surface area contributed by atoms with Crippen LogP contribution in [0.2, 0.25) is 0 Å². The molecule has 0 radical (unpaired) electrons. The first-order valence-electron chi connectivity index (χ1n) is 9.28. The summed E-state index contributed by atoms with van der Waals surface area (Å²) in [5, 5.41) is 7.85. The summed E-state index contributed by atoms with van der Waals surface area (Å²) in [6, 6.07) is 4.15. The first-order chi connectivity index (χ1) is 12.6. The van der Waals surface area contributed by atoms with Crippen LogP contribution in [0.3, 0.4) is 0 Å². The fourth-order valence-corrected chi connectivity index (χ4v) is 3.39. The Kier molecular flexibility index (Phi) is 7.93. The summed E-state index contributed by atoms with van der Waals surface area (Å²) in [6.45, 7) is 2.97. The number of aromatic nitrogens is 4. The second kappa shape index (κ2) is 9.95. The molecule has 0 aliphatic carbocycles. The zero-order valence-electron chi connectivity index (χ0n) is 16.4. The van der Waals surface area contributed by atoms with Crippen LogP contribution in [0.4, 0.5) is 0 Å². The van der Waals surface area contributed by atoms with Crippen molar-refractivity contribution in [1.82, 2.24) is 29.1 Å². The van der Waals surface area contributed by atoms with Gasteiger partial charge >= 0.3 is 5.69 Å². The largest absolute Gasteiger partial charge is 0.356 e. The number of nitrogens with zero attached hydrogens (tertiary/aromatic N) is 6. The Morgan fingerprint density at radius 2 is 2.22 bits per heavy atom. The van der Waals surface area contributed by atoms with E-state index in [9.17, 15) is 4.79 Å². The van der Waals surface area contributed by atoms with Crippen LogP contribution in [-0.2, 0) is 33.1 Å². The number of aryl methyl sites for hydroxylation is 3. The molecule has 150 valence electrons. The molecule has 1 aliphatic heterocycles. The van der Waals surface area contributed by atoms with Crippen LogP contribution in [0, 0.1) is 0 Å². The predicted molar refractivity (Wildman–Crippen MR) is 118 cm³/mol. The van der Waals surface area contributed by atoms with E-state index in [0.29, 0.717) is 6.54 Å². The molecular formula is C18H30IN7O. The van der Waals surface area contributed by atoms with Crippen LogP contribution >= 0.6 is 24.0 Å². The van der Waals surface area contributed by atoms with E-state index >= 15 is 0 Å². The average Bonchev–Trinajstić information content (AvgIpc) is 3.19. The fourth-order valence-electron chi connectivity index (χ4n) is 3.39. The Bertz CT molecular complexity index is 820. The summed E-state index contributed by atoms with van der Waals surface area (Å²) in [5.41, 5.74) is 1.26. The molecule has 0 saturated carbocycles. The number of guanidine groups is 1.